The minimum atomic E-state index is -0.687. The van der Waals surface area contributed by atoms with E-state index in [4.69, 9.17) is 9.47 Å². The highest BCUT2D eigenvalue weighted by Gasteiger charge is 2.36. The molecule has 2 N–H and O–H groups in total. The molecule has 174 valence electrons. The summed E-state index contributed by atoms with van der Waals surface area (Å²) >= 11 is 7.30. The number of halogens is 1. The normalized spacial score (nSPS) is 12.2. The molecule has 0 aliphatic heterocycles. The van der Waals surface area contributed by atoms with Gasteiger partial charge in [0.15, 0.2) is 0 Å². The number of aromatic hydroxyl groups is 1. The Bertz CT molecular complexity index is 1130. The molecular formula is C25H26BrNO5S. The van der Waals surface area contributed by atoms with Crippen LogP contribution in [0, 0.1) is 5.41 Å². The van der Waals surface area contributed by atoms with Crippen molar-refractivity contribution in [3.05, 3.63) is 70.7 Å². The van der Waals surface area contributed by atoms with E-state index in [-0.39, 0.29) is 18.1 Å². The van der Waals surface area contributed by atoms with Gasteiger partial charge in [-0.2, -0.15) is 12.6 Å². The van der Waals surface area contributed by atoms with E-state index in [2.05, 4.69) is 33.9 Å². The minimum Gasteiger partial charge on any atom is -0.507 e. The van der Waals surface area contributed by atoms with Crippen LogP contribution in [0.15, 0.2) is 65.1 Å². The minimum absolute atomic E-state index is 0.00144. The van der Waals surface area contributed by atoms with Crippen molar-refractivity contribution in [3.8, 4) is 5.75 Å². The van der Waals surface area contributed by atoms with Crippen LogP contribution in [-0.2, 0) is 14.3 Å². The first-order valence-corrected chi connectivity index (χ1v) is 11.8. The summed E-state index contributed by atoms with van der Waals surface area (Å²) < 4.78 is 12.1. The SMILES string of the molecule is CC(C)(CCOC(=O)CS)[C@H](OC(=O)Nc1ccc(Br)cc1)c1ccc(O)c2ccccc12. The number of phenols is 1. The maximum atomic E-state index is 12.9. The van der Waals surface area contributed by atoms with Crippen molar-refractivity contribution < 1.29 is 24.2 Å². The number of phenolic OH excluding ortho intramolecular Hbond substituents is 1. The van der Waals surface area contributed by atoms with Gasteiger partial charge in [0.2, 0.25) is 0 Å². The van der Waals surface area contributed by atoms with E-state index in [1.54, 1.807) is 24.3 Å². The highest BCUT2D eigenvalue weighted by atomic mass is 79.9. The molecule has 0 radical (unpaired) electrons. The van der Waals surface area contributed by atoms with Crippen LogP contribution in [-0.4, -0.2) is 29.5 Å². The van der Waals surface area contributed by atoms with Gasteiger partial charge in [-0.25, -0.2) is 4.79 Å². The number of ether oxygens (including phenoxy) is 2. The van der Waals surface area contributed by atoms with Gasteiger partial charge in [-0.15, -0.1) is 0 Å². The van der Waals surface area contributed by atoms with Crippen LogP contribution in [0.25, 0.3) is 10.8 Å². The summed E-state index contributed by atoms with van der Waals surface area (Å²) in [5.41, 5.74) is 0.742. The fourth-order valence-corrected chi connectivity index (χ4v) is 3.93. The monoisotopic (exact) mass is 531 g/mol. The van der Waals surface area contributed by atoms with Crippen LogP contribution in [0.5, 0.6) is 5.75 Å². The zero-order chi connectivity index (χ0) is 24.0. The van der Waals surface area contributed by atoms with Gasteiger partial charge in [-0.1, -0.05) is 60.1 Å². The zero-order valence-electron chi connectivity index (χ0n) is 18.4. The Morgan fingerprint density at radius 1 is 1.06 bits per heavy atom. The lowest BCUT2D eigenvalue weighted by Gasteiger charge is -2.34. The average Bonchev–Trinajstić information content (AvgIpc) is 2.79. The quantitative estimate of drug-likeness (QED) is 0.228. The average molecular weight is 532 g/mol. The molecule has 0 spiro atoms. The standard InChI is InChI=1S/C25H26BrNO5S/c1-25(2,13-14-31-22(29)15-33)23(32-24(30)27-17-9-7-16(26)8-10-17)20-11-12-21(28)19-6-4-3-5-18(19)20/h3-12,23,28,33H,13-15H2,1-2H3,(H,27,30)/t23-/m1/s1. The maximum absolute atomic E-state index is 12.9. The molecule has 1 atom stereocenters. The first-order valence-electron chi connectivity index (χ1n) is 10.4. The summed E-state index contributed by atoms with van der Waals surface area (Å²) in [6.07, 6.45) is -0.856. The molecule has 6 nitrogen and oxygen atoms in total. The number of hydrogen-bond acceptors (Lipinski definition) is 6. The zero-order valence-corrected chi connectivity index (χ0v) is 20.9. The second kappa shape index (κ2) is 10.9. The molecule has 3 aromatic rings. The Kier molecular flexibility index (Phi) is 8.26. The van der Waals surface area contributed by atoms with E-state index >= 15 is 0 Å². The third kappa shape index (κ3) is 6.42. The molecule has 0 bridgehead atoms. The Morgan fingerprint density at radius 2 is 1.73 bits per heavy atom. The molecule has 0 saturated carbocycles. The van der Waals surface area contributed by atoms with Gasteiger partial charge in [0.05, 0.1) is 12.4 Å². The van der Waals surface area contributed by atoms with Crippen molar-refractivity contribution >= 4 is 57.1 Å². The van der Waals surface area contributed by atoms with Gasteiger partial charge < -0.3 is 14.6 Å². The van der Waals surface area contributed by atoms with E-state index < -0.39 is 23.6 Å². The van der Waals surface area contributed by atoms with Crippen LogP contribution in [0.1, 0.15) is 31.9 Å². The largest absolute Gasteiger partial charge is 0.507 e. The van der Waals surface area contributed by atoms with E-state index in [1.807, 2.05) is 50.2 Å². The summed E-state index contributed by atoms with van der Waals surface area (Å²) in [6.45, 7) is 4.05. The van der Waals surface area contributed by atoms with Crippen LogP contribution in [0.4, 0.5) is 10.5 Å². The maximum Gasteiger partial charge on any atom is 0.412 e. The number of anilines is 1. The summed E-state index contributed by atoms with van der Waals surface area (Å²) in [6, 6.07) is 17.9. The molecule has 3 aromatic carbocycles. The Labute approximate surface area is 206 Å². The second-order valence-corrected chi connectivity index (χ2v) is 9.49. The fraction of sp³-hybridized carbons (Fsp3) is 0.280. The summed E-state index contributed by atoms with van der Waals surface area (Å²) in [5, 5.41) is 14.5. The molecule has 0 saturated heterocycles. The Balaban J connectivity index is 1.92. The summed E-state index contributed by atoms with van der Waals surface area (Å²) in [4.78, 5) is 24.4. The van der Waals surface area contributed by atoms with Crippen LogP contribution in [0.2, 0.25) is 0 Å². The molecule has 0 heterocycles. The molecular weight excluding hydrogens is 506 g/mol. The number of thiol groups is 1. The molecule has 3 rings (SSSR count). The van der Waals surface area contributed by atoms with Gasteiger partial charge >= 0.3 is 12.1 Å². The molecule has 8 heteroatoms. The molecule has 0 unspecified atom stereocenters. The molecule has 0 aliphatic rings. The van der Waals surface area contributed by atoms with Gasteiger partial charge in [-0.05, 0) is 42.1 Å². The number of hydrogen-bond donors (Lipinski definition) is 3. The van der Waals surface area contributed by atoms with Gasteiger partial charge in [-0.3, -0.25) is 10.1 Å². The predicted molar refractivity (Wildman–Crippen MR) is 136 cm³/mol. The number of fused-ring (bicyclic) bond motifs is 1. The van der Waals surface area contributed by atoms with Crippen LogP contribution < -0.4 is 5.32 Å². The summed E-state index contributed by atoms with van der Waals surface area (Å²) in [7, 11) is 0. The number of benzene rings is 3. The van der Waals surface area contributed by atoms with Gasteiger partial charge in [0, 0.05) is 26.5 Å². The lowest BCUT2D eigenvalue weighted by Crippen LogP contribution is -2.30. The van der Waals surface area contributed by atoms with Crippen molar-refractivity contribution in [1.29, 1.82) is 0 Å². The fourth-order valence-electron chi connectivity index (χ4n) is 3.57. The predicted octanol–water partition coefficient (Wildman–Crippen LogP) is 6.49. The highest BCUT2D eigenvalue weighted by molar-refractivity contribution is 9.10. The molecule has 1 amide bonds. The molecule has 33 heavy (non-hydrogen) atoms. The third-order valence-electron chi connectivity index (χ3n) is 5.38. The first-order chi connectivity index (χ1) is 15.7. The van der Waals surface area contributed by atoms with Crippen molar-refractivity contribution in [2.45, 2.75) is 26.4 Å². The highest BCUT2D eigenvalue weighted by Crippen LogP contribution is 2.43. The number of nitrogens with one attached hydrogen (secondary N) is 1. The summed E-state index contributed by atoms with van der Waals surface area (Å²) in [5.74, 6) is -0.263. The van der Waals surface area contributed by atoms with Crippen molar-refractivity contribution in [2.75, 3.05) is 17.7 Å². The van der Waals surface area contributed by atoms with E-state index in [0.29, 0.717) is 17.5 Å². The number of carbonyl (C=O) groups excluding carboxylic acids is 2. The lowest BCUT2D eigenvalue weighted by atomic mass is 9.78. The van der Waals surface area contributed by atoms with Crippen LogP contribution in [0.3, 0.4) is 0 Å². The molecule has 0 fully saturated rings. The lowest BCUT2D eigenvalue weighted by molar-refractivity contribution is -0.141. The number of esters is 1. The number of amides is 1. The van der Waals surface area contributed by atoms with Crippen molar-refractivity contribution in [2.24, 2.45) is 5.41 Å². The van der Waals surface area contributed by atoms with Crippen LogP contribution >= 0.6 is 28.6 Å². The van der Waals surface area contributed by atoms with Gasteiger partial charge in [0.1, 0.15) is 11.9 Å². The van der Waals surface area contributed by atoms with Crippen molar-refractivity contribution in [1.82, 2.24) is 0 Å². The Morgan fingerprint density at radius 3 is 2.39 bits per heavy atom. The van der Waals surface area contributed by atoms with Crippen molar-refractivity contribution in [3.63, 3.8) is 0 Å². The molecule has 0 aliphatic carbocycles. The van der Waals surface area contributed by atoms with E-state index in [1.165, 1.54) is 0 Å². The number of carbonyl (C=O) groups is 2. The second-order valence-electron chi connectivity index (χ2n) is 8.25. The van der Waals surface area contributed by atoms with Gasteiger partial charge in [0.25, 0.3) is 0 Å². The smallest absolute Gasteiger partial charge is 0.412 e. The first kappa shape index (κ1) is 24.9. The van der Waals surface area contributed by atoms with E-state index in [0.717, 1.165) is 15.4 Å². The Hall–Kier alpha value is -2.71. The van der Waals surface area contributed by atoms with E-state index in [9.17, 15) is 14.7 Å². The number of rotatable bonds is 8. The third-order valence-corrected chi connectivity index (χ3v) is 6.17. The molecule has 0 aromatic heterocycles. The topological polar surface area (TPSA) is 84.9 Å².